The lowest BCUT2D eigenvalue weighted by atomic mass is 10.2. The second-order valence-corrected chi connectivity index (χ2v) is 5.42. The van der Waals surface area contributed by atoms with Gasteiger partial charge in [-0.25, -0.2) is 9.59 Å². The molecular formula is C19H26N2O6. The van der Waals surface area contributed by atoms with Crippen LogP contribution in [0.2, 0.25) is 0 Å². The quantitative estimate of drug-likeness (QED) is 0.348. The number of carbonyl (C=O) groups excluding carboxylic acids is 3. The molecule has 148 valence electrons. The van der Waals surface area contributed by atoms with Gasteiger partial charge in [0.25, 0.3) is 5.91 Å². The number of unbranched alkanes of at least 4 members (excludes halogenated alkanes) is 1. The normalized spacial score (nSPS) is 9.85. The molecule has 0 saturated carbocycles. The highest BCUT2D eigenvalue weighted by Crippen LogP contribution is 2.29. The Morgan fingerprint density at radius 2 is 1.93 bits per heavy atom. The molecule has 0 bridgehead atoms. The molecule has 3 amide bonds. The number of nitrogens with one attached hydrogen (secondary N) is 2. The van der Waals surface area contributed by atoms with Crippen LogP contribution in [0.4, 0.5) is 4.79 Å². The molecule has 2 N–H and O–H groups in total. The summed E-state index contributed by atoms with van der Waals surface area (Å²) in [5.74, 6) is -0.484. The van der Waals surface area contributed by atoms with Crippen LogP contribution in [-0.4, -0.2) is 44.3 Å². The van der Waals surface area contributed by atoms with Crippen LogP contribution in [0.15, 0.2) is 30.9 Å². The smallest absolute Gasteiger partial charge is 0.338 e. The van der Waals surface area contributed by atoms with Crippen molar-refractivity contribution in [2.75, 3.05) is 26.4 Å². The van der Waals surface area contributed by atoms with Gasteiger partial charge in [-0.3, -0.25) is 10.1 Å². The zero-order valence-electron chi connectivity index (χ0n) is 15.7. The van der Waals surface area contributed by atoms with Gasteiger partial charge in [0.1, 0.15) is 0 Å². The third-order valence-corrected chi connectivity index (χ3v) is 3.23. The van der Waals surface area contributed by atoms with E-state index < -0.39 is 24.5 Å². The minimum Gasteiger partial charge on any atom is -0.490 e. The predicted octanol–water partition coefficient (Wildman–Crippen LogP) is 2.43. The molecule has 0 spiro atoms. The fourth-order valence-electron chi connectivity index (χ4n) is 1.94. The van der Waals surface area contributed by atoms with Crippen molar-refractivity contribution in [2.24, 2.45) is 0 Å². The SMILES string of the molecule is C=CCNC(=O)NC(=O)COC(=O)c1ccc(OCCCC)c(OCC)c1. The number of amides is 3. The summed E-state index contributed by atoms with van der Waals surface area (Å²) in [6, 6.07) is 3.96. The van der Waals surface area contributed by atoms with Gasteiger partial charge in [-0.15, -0.1) is 6.58 Å². The van der Waals surface area contributed by atoms with E-state index in [0.717, 1.165) is 12.8 Å². The van der Waals surface area contributed by atoms with Crippen LogP contribution in [0.3, 0.4) is 0 Å². The summed E-state index contributed by atoms with van der Waals surface area (Å²) in [4.78, 5) is 35.1. The molecule has 1 aromatic carbocycles. The zero-order chi connectivity index (χ0) is 20.1. The second-order valence-electron chi connectivity index (χ2n) is 5.42. The fraction of sp³-hybridized carbons (Fsp3) is 0.421. The second kappa shape index (κ2) is 12.3. The van der Waals surface area contributed by atoms with Crippen LogP contribution < -0.4 is 20.1 Å². The molecule has 27 heavy (non-hydrogen) atoms. The molecule has 0 heterocycles. The first-order chi connectivity index (χ1) is 13.0. The van der Waals surface area contributed by atoms with Crippen LogP contribution in [0.25, 0.3) is 0 Å². The Hall–Kier alpha value is -3.03. The molecule has 0 unspecified atom stereocenters. The molecule has 0 radical (unpaired) electrons. The lowest BCUT2D eigenvalue weighted by molar-refractivity contribution is -0.123. The Labute approximate surface area is 158 Å². The van der Waals surface area contributed by atoms with E-state index in [0.29, 0.717) is 24.7 Å². The third-order valence-electron chi connectivity index (χ3n) is 3.23. The summed E-state index contributed by atoms with van der Waals surface area (Å²) in [5, 5.41) is 4.40. The van der Waals surface area contributed by atoms with Crippen LogP contribution in [-0.2, 0) is 9.53 Å². The van der Waals surface area contributed by atoms with E-state index >= 15 is 0 Å². The Morgan fingerprint density at radius 3 is 2.59 bits per heavy atom. The predicted molar refractivity (Wildman–Crippen MR) is 100 cm³/mol. The molecular weight excluding hydrogens is 352 g/mol. The van der Waals surface area contributed by atoms with Gasteiger partial charge in [0.2, 0.25) is 0 Å². The summed E-state index contributed by atoms with van der Waals surface area (Å²) in [6.45, 7) is 7.91. The lowest BCUT2D eigenvalue weighted by Crippen LogP contribution is -2.41. The van der Waals surface area contributed by atoms with E-state index in [1.54, 1.807) is 6.07 Å². The number of esters is 1. The number of benzene rings is 1. The molecule has 0 aliphatic heterocycles. The van der Waals surface area contributed by atoms with Gasteiger partial charge in [-0.05, 0) is 31.5 Å². The van der Waals surface area contributed by atoms with Crippen LogP contribution in [0.5, 0.6) is 11.5 Å². The number of ether oxygens (including phenoxy) is 3. The lowest BCUT2D eigenvalue weighted by Gasteiger charge is -2.13. The zero-order valence-corrected chi connectivity index (χ0v) is 15.7. The molecule has 1 aromatic rings. The van der Waals surface area contributed by atoms with E-state index in [2.05, 4.69) is 18.8 Å². The van der Waals surface area contributed by atoms with Gasteiger partial charge in [0, 0.05) is 6.54 Å². The first-order valence-corrected chi connectivity index (χ1v) is 8.77. The highest BCUT2D eigenvalue weighted by Gasteiger charge is 2.15. The van der Waals surface area contributed by atoms with Crippen LogP contribution >= 0.6 is 0 Å². The standard InChI is InChI=1S/C19H26N2O6/c1-4-7-11-26-15-9-8-14(12-16(15)25-6-3)18(23)27-13-17(22)21-19(24)20-10-5-2/h5,8-9,12H,2,4,6-7,10-11,13H2,1,3H3,(H2,20,21,22,24). The molecule has 8 heteroatoms. The molecule has 0 aliphatic carbocycles. The molecule has 0 fully saturated rings. The molecule has 0 saturated heterocycles. The first-order valence-electron chi connectivity index (χ1n) is 8.77. The van der Waals surface area contributed by atoms with Crippen molar-refractivity contribution in [3.8, 4) is 11.5 Å². The first kappa shape index (κ1) is 22.0. The maximum Gasteiger partial charge on any atom is 0.338 e. The van der Waals surface area contributed by atoms with E-state index in [1.807, 2.05) is 12.2 Å². The van der Waals surface area contributed by atoms with E-state index in [-0.39, 0.29) is 12.1 Å². The minimum absolute atomic E-state index is 0.213. The maximum absolute atomic E-state index is 12.1. The Morgan fingerprint density at radius 1 is 1.15 bits per heavy atom. The number of carbonyl (C=O) groups is 3. The summed E-state index contributed by atoms with van der Waals surface area (Å²) < 4.78 is 16.1. The highest BCUT2D eigenvalue weighted by atomic mass is 16.5. The minimum atomic E-state index is -0.741. The molecule has 1 rings (SSSR count). The largest absolute Gasteiger partial charge is 0.490 e. The number of hydrogen-bond donors (Lipinski definition) is 2. The Bertz CT molecular complexity index is 660. The maximum atomic E-state index is 12.1. The van der Waals surface area contributed by atoms with Gasteiger partial charge >= 0.3 is 12.0 Å². The number of hydrogen-bond acceptors (Lipinski definition) is 6. The van der Waals surface area contributed by atoms with E-state index in [4.69, 9.17) is 14.2 Å². The van der Waals surface area contributed by atoms with Crippen LogP contribution in [0.1, 0.15) is 37.0 Å². The molecule has 0 aliphatic rings. The van der Waals surface area contributed by atoms with E-state index in [1.165, 1.54) is 18.2 Å². The average molecular weight is 378 g/mol. The van der Waals surface area contributed by atoms with Gasteiger partial charge in [0.05, 0.1) is 18.8 Å². The van der Waals surface area contributed by atoms with Crippen molar-refractivity contribution in [3.05, 3.63) is 36.4 Å². The topological polar surface area (TPSA) is 103 Å². The van der Waals surface area contributed by atoms with Crippen molar-refractivity contribution in [1.29, 1.82) is 0 Å². The van der Waals surface area contributed by atoms with Crippen LogP contribution in [0, 0.1) is 0 Å². The molecule has 0 atom stereocenters. The molecule has 0 aromatic heterocycles. The molecule has 8 nitrogen and oxygen atoms in total. The van der Waals surface area contributed by atoms with Crippen molar-refractivity contribution < 1.29 is 28.6 Å². The summed E-state index contributed by atoms with van der Waals surface area (Å²) in [5.41, 5.74) is 0.213. The highest BCUT2D eigenvalue weighted by molar-refractivity contribution is 5.97. The van der Waals surface area contributed by atoms with Crippen molar-refractivity contribution in [1.82, 2.24) is 10.6 Å². The summed E-state index contributed by atoms with van der Waals surface area (Å²) in [6.07, 6.45) is 3.38. The average Bonchev–Trinajstić information content (AvgIpc) is 2.66. The monoisotopic (exact) mass is 378 g/mol. The number of urea groups is 1. The summed E-state index contributed by atoms with van der Waals surface area (Å²) in [7, 11) is 0. The summed E-state index contributed by atoms with van der Waals surface area (Å²) >= 11 is 0. The number of rotatable bonds is 11. The Balaban J connectivity index is 2.63. The van der Waals surface area contributed by atoms with Crippen molar-refractivity contribution in [3.63, 3.8) is 0 Å². The third kappa shape index (κ3) is 8.26. The van der Waals surface area contributed by atoms with Gasteiger partial charge in [-0.1, -0.05) is 19.4 Å². The van der Waals surface area contributed by atoms with Gasteiger partial charge in [-0.2, -0.15) is 0 Å². The van der Waals surface area contributed by atoms with Crippen molar-refractivity contribution in [2.45, 2.75) is 26.7 Å². The van der Waals surface area contributed by atoms with Gasteiger partial charge in [0.15, 0.2) is 18.1 Å². The van der Waals surface area contributed by atoms with Gasteiger partial charge < -0.3 is 19.5 Å². The Kier molecular flexibility index (Phi) is 10.1. The number of imide groups is 1. The fourth-order valence-corrected chi connectivity index (χ4v) is 1.94. The van der Waals surface area contributed by atoms with E-state index in [9.17, 15) is 14.4 Å². The van der Waals surface area contributed by atoms with Crippen molar-refractivity contribution >= 4 is 17.9 Å².